The first-order valence-electron chi connectivity index (χ1n) is 8.49. The number of halogens is 1. The molecular weight excluding hydrogens is 386 g/mol. The number of fused-ring (bicyclic) bond motifs is 1. The molecule has 0 bridgehead atoms. The second-order valence-corrected chi connectivity index (χ2v) is 7.81. The summed E-state index contributed by atoms with van der Waals surface area (Å²) in [6.07, 6.45) is 0. The largest absolute Gasteiger partial charge is 0.368 e. The van der Waals surface area contributed by atoms with E-state index in [0.717, 1.165) is 20.7 Å². The molecule has 1 aromatic heterocycles. The lowest BCUT2D eigenvalue weighted by Gasteiger charge is -2.36. The Kier molecular flexibility index (Phi) is 4.72. The van der Waals surface area contributed by atoms with Gasteiger partial charge in [0.1, 0.15) is 5.02 Å². The van der Waals surface area contributed by atoms with Crippen LogP contribution in [0, 0.1) is 10.1 Å². The van der Waals surface area contributed by atoms with Gasteiger partial charge in [-0.25, -0.2) is 0 Å². The molecule has 3 aromatic rings. The average molecular weight is 402 g/mol. The molecule has 1 aliphatic rings. The van der Waals surface area contributed by atoms with E-state index in [0.29, 0.717) is 26.2 Å². The fourth-order valence-corrected chi connectivity index (χ4v) is 4.53. The maximum atomic E-state index is 12.8. The number of carbonyl (C=O) groups excluding carboxylic acids is 1. The molecule has 2 aromatic carbocycles. The van der Waals surface area contributed by atoms with Crippen molar-refractivity contribution in [1.29, 1.82) is 0 Å². The lowest BCUT2D eigenvalue weighted by molar-refractivity contribution is -0.384. The fourth-order valence-electron chi connectivity index (χ4n) is 3.25. The monoisotopic (exact) mass is 401 g/mol. The van der Waals surface area contributed by atoms with E-state index in [2.05, 4.69) is 4.90 Å². The predicted octanol–water partition coefficient (Wildman–Crippen LogP) is 4.43. The molecule has 138 valence electrons. The molecule has 0 N–H and O–H groups in total. The van der Waals surface area contributed by atoms with Crippen molar-refractivity contribution in [2.45, 2.75) is 0 Å². The van der Waals surface area contributed by atoms with E-state index in [1.807, 2.05) is 35.2 Å². The molecule has 2 heterocycles. The van der Waals surface area contributed by atoms with Crippen molar-refractivity contribution in [3.8, 4) is 0 Å². The first kappa shape index (κ1) is 17.8. The van der Waals surface area contributed by atoms with Gasteiger partial charge in [-0.2, -0.15) is 0 Å². The zero-order valence-corrected chi connectivity index (χ0v) is 15.9. The summed E-state index contributed by atoms with van der Waals surface area (Å²) in [6.45, 7) is 2.51. The number of nitro benzene ring substituents is 1. The Bertz CT molecular complexity index is 995. The number of amides is 1. The van der Waals surface area contributed by atoms with Crippen LogP contribution in [0.1, 0.15) is 9.67 Å². The van der Waals surface area contributed by atoms with E-state index < -0.39 is 4.92 Å². The van der Waals surface area contributed by atoms with Crippen molar-refractivity contribution in [3.05, 3.63) is 68.5 Å². The third kappa shape index (κ3) is 3.48. The van der Waals surface area contributed by atoms with Gasteiger partial charge in [0, 0.05) is 42.6 Å². The van der Waals surface area contributed by atoms with Crippen LogP contribution in [0.2, 0.25) is 5.02 Å². The fraction of sp³-hybridized carbons (Fsp3) is 0.211. The van der Waals surface area contributed by atoms with Gasteiger partial charge in [0.15, 0.2) is 0 Å². The minimum absolute atomic E-state index is 0.0533. The van der Waals surface area contributed by atoms with E-state index >= 15 is 0 Å². The van der Waals surface area contributed by atoms with Gasteiger partial charge < -0.3 is 9.80 Å². The maximum absolute atomic E-state index is 12.8. The second-order valence-electron chi connectivity index (χ2n) is 6.32. The molecule has 1 aliphatic heterocycles. The van der Waals surface area contributed by atoms with Gasteiger partial charge >= 0.3 is 0 Å². The normalized spacial score (nSPS) is 14.6. The number of hydrogen-bond donors (Lipinski definition) is 0. The second kappa shape index (κ2) is 7.17. The molecule has 0 atom stereocenters. The quantitative estimate of drug-likeness (QED) is 0.481. The number of thiophene rings is 1. The first-order valence-corrected chi connectivity index (χ1v) is 9.69. The van der Waals surface area contributed by atoms with Crippen molar-refractivity contribution in [1.82, 2.24) is 4.90 Å². The molecule has 4 rings (SSSR count). The van der Waals surface area contributed by atoms with Crippen LogP contribution in [0.15, 0.2) is 48.5 Å². The number of nitro groups is 1. The van der Waals surface area contributed by atoms with Gasteiger partial charge in [0.25, 0.3) is 11.6 Å². The summed E-state index contributed by atoms with van der Waals surface area (Å²) in [5.74, 6) is 0.0533. The zero-order valence-electron chi connectivity index (χ0n) is 14.3. The number of hydrogen-bond acceptors (Lipinski definition) is 5. The molecule has 6 nitrogen and oxygen atoms in total. The Morgan fingerprint density at radius 2 is 1.81 bits per heavy atom. The van der Waals surface area contributed by atoms with E-state index in [1.54, 1.807) is 12.1 Å². The molecule has 0 unspecified atom stereocenters. The smallest absolute Gasteiger partial charge is 0.288 e. The van der Waals surface area contributed by atoms with Crippen LogP contribution in [0.25, 0.3) is 10.1 Å². The van der Waals surface area contributed by atoms with Crippen LogP contribution >= 0.6 is 22.9 Å². The van der Waals surface area contributed by atoms with E-state index in [-0.39, 0.29) is 16.6 Å². The lowest BCUT2D eigenvalue weighted by atomic mass is 10.2. The standard InChI is InChI=1S/C19H16ClN3O3S/c20-15-12-14(5-6-16(15)23(25)26)21-7-9-22(10-8-21)19(24)18-11-13-3-1-2-4-17(13)27-18/h1-6,11-12H,7-10H2. The van der Waals surface area contributed by atoms with Gasteiger partial charge in [0.2, 0.25) is 0 Å². The highest BCUT2D eigenvalue weighted by atomic mass is 35.5. The van der Waals surface area contributed by atoms with Crippen LogP contribution in [-0.2, 0) is 0 Å². The molecule has 0 spiro atoms. The summed E-state index contributed by atoms with van der Waals surface area (Å²) in [6, 6.07) is 14.7. The minimum Gasteiger partial charge on any atom is -0.368 e. The van der Waals surface area contributed by atoms with E-state index in [4.69, 9.17) is 11.6 Å². The summed E-state index contributed by atoms with van der Waals surface area (Å²) in [7, 11) is 0. The van der Waals surface area contributed by atoms with Crippen molar-refractivity contribution in [2.24, 2.45) is 0 Å². The highest BCUT2D eigenvalue weighted by Crippen LogP contribution is 2.30. The molecule has 1 fully saturated rings. The molecule has 0 saturated carbocycles. The molecular formula is C19H16ClN3O3S. The Morgan fingerprint density at radius 1 is 1.07 bits per heavy atom. The Balaban J connectivity index is 1.44. The Hall–Kier alpha value is -2.64. The summed E-state index contributed by atoms with van der Waals surface area (Å²) < 4.78 is 1.11. The van der Waals surface area contributed by atoms with Crippen molar-refractivity contribution >= 4 is 50.3 Å². The topological polar surface area (TPSA) is 66.7 Å². The molecule has 27 heavy (non-hydrogen) atoms. The van der Waals surface area contributed by atoms with Gasteiger partial charge in [-0.3, -0.25) is 14.9 Å². The molecule has 0 aliphatic carbocycles. The molecule has 1 amide bonds. The van der Waals surface area contributed by atoms with Gasteiger partial charge in [-0.1, -0.05) is 29.8 Å². The van der Waals surface area contributed by atoms with Gasteiger partial charge in [-0.15, -0.1) is 11.3 Å². The van der Waals surface area contributed by atoms with Gasteiger partial charge in [-0.05, 0) is 29.7 Å². The number of carbonyl (C=O) groups is 1. The summed E-state index contributed by atoms with van der Waals surface area (Å²) >= 11 is 7.53. The van der Waals surface area contributed by atoms with Crippen LogP contribution in [0.4, 0.5) is 11.4 Å². The summed E-state index contributed by atoms with van der Waals surface area (Å²) in [5.41, 5.74) is 0.735. The SMILES string of the molecule is O=C(c1cc2ccccc2s1)N1CCN(c2ccc([N+](=O)[O-])c(Cl)c2)CC1. The van der Waals surface area contributed by atoms with Crippen LogP contribution in [0.5, 0.6) is 0 Å². The number of anilines is 1. The van der Waals surface area contributed by atoms with E-state index in [9.17, 15) is 14.9 Å². The van der Waals surface area contributed by atoms with Gasteiger partial charge in [0.05, 0.1) is 9.80 Å². The maximum Gasteiger partial charge on any atom is 0.288 e. The van der Waals surface area contributed by atoms with Crippen molar-refractivity contribution in [3.63, 3.8) is 0 Å². The zero-order chi connectivity index (χ0) is 19.0. The molecule has 0 radical (unpaired) electrons. The average Bonchev–Trinajstić information content (AvgIpc) is 3.11. The number of piperazine rings is 1. The van der Waals surface area contributed by atoms with Crippen molar-refractivity contribution < 1.29 is 9.72 Å². The first-order chi connectivity index (χ1) is 13.0. The number of benzene rings is 2. The summed E-state index contributed by atoms with van der Waals surface area (Å²) in [4.78, 5) is 27.9. The Labute approximate surface area is 164 Å². The number of rotatable bonds is 3. The van der Waals surface area contributed by atoms with E-state index in [1.165, 1.54) is 17.4 Å². The molecule has 8 heteroatoms. The van der Waals surface area contributed by atoms with Crippen LogP contribution in [0.3, 0.4) is 0 Å². The van der Waals surface area contributed by atoms with Crippen molar-refractivity contribution in [2.75, 3.05) is 31.1 Å². The predicted molar refractivity (Wildman–Crippen MR) is 108 cm³/mol. The third-order valence-electron chi connectivity index (χ3n) is 4.70. The third-order valence-corrected chi connectivity index (χ3v) is 6.10. The minimum atomic E-state index is -0.492. The Morgan fingerprint density at radius 3 is 2.48 bits per heavy atom. The lowest BCUT2D eigenvalue weighted by Crippen LogP contribution is -2.48. The van der Waals surface area contributed by atoms with Crippen LogP contribution in [-0.4, -0.2) is 41.9 Å². The number of nitrogens with zero attached hydrogens (tertiary/aromatic N) is 3. The van der Waals surface area contributed by atoms with Crippen LogP contribution < -0.4 is 4.90 Å². The highest BCUT2D eigenvalue weighted by Gasteiger charge is 2.24. The summed E-state index contributed by atoms with van der Waals surface area (Å²) in [5, 5.41) is 12.1. The molecule has 1 saturated heterocycles. The highest BCUT2D eigenvalue weighted by molar-refractivity contribution is 7.20.